The average molecular weight is 412 g/mol. The first-order chi connectivity index (χ1) is 12.8. The van der Waals surface area contributed by atoms with Gasteiger partial charge in [-0.2, -0.15) is 30.7 Å². The van der Waals surface area contributed by atoms with E-state index in [0.29, 0.717) is 18.3 Å². The fraction of sp³-hybridized carbons (Fsp3) is 0.267. The zero-order valence-electron chi connectivity index (χ0n) is 13.2. The summed E-state index contributed by atoms with van der Waals surface area (Å²) in [4.78, 5) is 13.0. The third-order valence-electron chi connectivity index (χ3n) is 3.72. The molecule has 1 aliphatic rings. The molecule has 1 atom stereocenters. The van der Waals surface area contributed by atoms with E-state index in [1.54, 1.807) is 0 Å². The number of benzene rings is 1. The average Bonchev–Trinajstić information content (AvgIpc) is 2.76. The van der Waals surface area contributed by atoms with Crippen molar-refractivity contribution in [3.8, 4) is 11.6 Å². The van der Waals surface area contributed by atoms with Crippen LogP contribution in [-0.2, 0) is 5.92 Å². The molecule has 13 heteroatoms. The lowest BCUT2D eigenvalue weighted by Crippen LogP contribution is -2.37. The molecule has 0 saturated carbocycles. The molecule has 0 radical (unpaired) electrons. The summed E-state index contributed by atoms with van der Waals surface area (Å²) in [6.07, 6.45) is -12.3. The second kappa shape index (κ2) is 6.21. The molecule has 1 aromatic carbocycles. The Morgan fingerprint density at radius 1 is 1.14 bits per heavy atom. The molecule has 0 saturated heterocycles. The van der Waals surface area contributed by atoms with Gasteiger partial charge >= 0.3 is 18.2 Å². The molecule has 1 unspecified atom stereocenters. The van der Waals surface area contributed by atoms with E-state index in [0.717, 1.165) is 12.1 Å². The van der Waals surface area contributed by atoms with Crippen molar-refractivity contribution < 1.29 is 45.1 Å². The molecular formula is C15H7F7N2O4. The molecule has 6 nitrogen and oxygen atoms in total. The van der Waals surface area contributed by atoms with Crippen molar-refractivity contribution in [1.29, 1.82) is 0 Å². The van der Waals surface area contributed by atoms with Crippen LogP contribution in [0.1, 0.15) is 17.2 Å². The van der Waals surface area contributed by atoms with Crippen LogP contribution in [-0.4, -0.2) is 22.2 Å². The Labute approximate surface area is 150 Å². The fourth-order valence-electron chi connectivity index (χ4n) is 2.40. The van der Waals surface area contributed by atoms with Crippen molar-refractivity contribution in [3.63, 3.8) is 0 Å². The molecule has 2 heterocycles. The molecule has 0 bridgehead atoms. The van der Waals surface area contributed by atoms with Gasteiger partial charge in [-0.15, -0.1) is 0 Å². The molecule has 1 aromatic heterocycles. The molecular weight excluding hydrogens is 405 g/mol. The van der Waals surface area contributed by atoms with E-state index in [1.165, 1.54) is 0 Å². The first kappa shape index (κ1) is 19.6. The Morgan fingerprint density at radius 3 is 2.36 bits per heavy atom. The largest absolute Gasteiger partial charge is 0.469 e. The van der Waals surface area contributed by atoms with Crippen LogP contribution in [0.4, 0.5) is 36.4 Å². The number of alkyl halides is 7. The topological polar surface area (TPSA) is 74.5 Å². The molecule has 0 aliphatic carbocycles. The van der Waals surface area contributed by atoms with Gasteiger partial charge < -0.3 is 9.47 Å². The van der Waals surface area contributed by atoms with E-state index in [4.69, 9.17) is 0 Å². The van der Waals surface area contributed by atoms with Gasteiger partial charge in [0.1, 0.15) is 11.9 Å². The standard InChI is InChI=1S/C15H7F7N2O4/c16-13(17)9-5-7(1-3-10(9)28-15(13,21)22)12(14(18,19)20)27-11-4-2-8(6-23-11)24(25)26/h1-6,12H. The van der Waals surface area contributed by atoms with Gasteiger partial charge in [-0.3, -0.25) is 10.1 Å². The van der Waals surface area contributed by atoms with Crippen molar-refractivity contribution in [2.24, 2.45) is 0 Å². The summed E-state index contributed by atoms with van der Waals surface area (Å²) in [5.41, 5.74) is -2.86. The third-order valence-corrected chi connectivity index (χ3v) is 3.72. The first-order valence-electron chi connectivity index (χ1n) is 7.26. The summed E-state index contributed by atoms with van der Waals surface area (Å²) in [5.74, 6) is -6.50. The monoisotopic (exact) mass is 412 g/mol. The summed E-state index contributed by atoms with van der Waals surface area (Å²) in [5, 5.41) is 10.5. The van der Waals surface area contributed by atoms with Gasteiger partial charge in [0.25, 0.3) is 5.69 Å². The number of nitro groups is 1. The zero-order valence-corrected chi connectivity index (χ0v) is 13.2. The van der Waals surface area contributed by atoms with Gasteiger partial charge in [0, 0.05) is 17.7 Å². The highest BCUT2D eigenvalue weighted by Gasteiger charge is 2.66. The van der Waals surface area contributed by atoms with E-state index in [9.17, 15) is 40.8 Å². The van der Waals surface area contributed by atoms with Crippen LogP contribution >= 0.6 is 0 Å². The minimum absolute atomic E-state index is 0.208. The van der Waals surface area contributed by atoms with Gasteiger partial charge in [-0.25, -0.2) is 4.98 Å². The van der Waals surface area contributed by atoms with E-state index < -0.39 is 57.7 Å². The Morgan fingerprint density at radius 2 is 1.82 bits per heavy atom. The van der Waals surface area contributed by atoms with Crippen LogP contribution in [0.15, 0.2) is 36.5 Å². The lowest BCUT2D eigenvalue weighted by Gasteiger charge is -2.22. The SMILES string of the molecule is O=[N+]([O-])c1ccc(OC(c2ccc3c(c2)C(F)(F)C(F)(F)O3)C(F)(F)F)nc1. The predicted molar refractivity (Wildman–Crippen MR) is 76.2 cm³/mol. The van der Waals surface area contributed by atoms with Crippen LogP contribution in [0.25, 0.3) is 0 Å². The highest BCUT2D eigenvalue weighted by atomic mass is 19.4. The number of fused-ring (bicyclic) bond motifs is 1. The van der Waals surface area contributed by atoms with Gasteiger partial charge in [-0.05, 0) is 12.1 Å². The highest BCUT2D eigenvalue weighted by Crippen LogP contribution is 2.54. The summed E-state index contributed by atoms with van der Waals surface area (Å²) in [7, 11) is 0. The molecule has 1 aliphatic heterocycles. The maximum atomic E-state index is 13.7. The Balaban J connectivity index is 1.97. The number of halogens is 7. The van der Waals surface area contributed by atoms with Crippen LogP contribution in [0.3, 0.4) is 0 Å². The Hall–Kier alpha value is -3.12. The molecule has 150 valence electrons. The fourth-order valence-corrected chi connectivity index (χ4v) is 2.40. The number of ether oxygens (including phenoxy) is 2. The van der Waals surface area contributed by atoms with Crippen LogP contribution in [0.5, 0.6) is 11.6 Å². The summed E-state index contributed by atoms with van der Waals surface area (Å²) in [6.45, 7) is 0. The molecule has 0 spiro atoms. The summed E-state index contributed by atoms with van der Waals surface area (Å²) >= 11 is 0. The number of aromatic nitrogens is 1. The van der Waals surface area contributed by atoms with Gasteiger partial charge in [0.2, 0.25) is 12.0 Å². The molecule has 0 amide bonds. The molecule has 28 heavy (non-hydrogen) atoms. The normalized spacial score (nSPS) is 18.1. The number of hydrogen-bond donors (Lipinski definition) is 0. The molecule has 0 fully saturated rings. The van der Waals surface area contributed by atoms with Crippen molar-refractivity contribution in [2.75, 3.05) is 0 Å². The molecule has 0 N–H and O–H groups in total. The quantitative estimate of drug-likeness (QED) is 0.412. The van der Waals surface area contributed by atoms with E-state index in [2.05, 4.69) is 14.5 Å². The van der Waals surface area contributed by atoms with Crippen LogP contribution < -0.4 is 9.47 Å². The Kier molecular flexibility index (Phi) is 4.35. The highest BCUT2D eigenvalue weighted by molar-refractivity contribution is 5.45. The Bertz CT molecular complexity index is 916. The lowest BCUT2D eigenvalue weighted by atomic mass is 10.0. The minimum atomic E-state index is -5.14. The van der Waals surface area contributed by atoms with Gasteiger partial charge in [0.15, 0.2) is 0 Å². The summed E-state index contributed by atoms with van der Waals surface area (Å²) < 4.78 is 102. The number of hydrogen-bond acceptors (Lipinski definition) is 5. The second-order valence-corrected chi connectivity index (χ2v) is 5.60. The van der Waals surface area contributed by atoms with Gasteiger partial charge in [0.05, 0.1) is 10.5 Å². The number of pyridine rings is 1. The van der Waals surface area contributed by atoms with Crippen molar-refractivity contribution >= 4 is 5.69 Å². The number of rotatable bonds is 4. The smallest absolute Gasteiger partial charge is 0.460 e. The van der Waals surface area contributed by atoms with E-state index >= 15 is 0 Å². The van der Waals surface area contributed by atoms with Crippen LogP contribution in [0, 0.1) is 10.1 Å². The molecule has 2 aromatic rings. The maximum Gasteiger partial charge on any atom is 0.469 e. The zero-order chi connectivity index (χ0) is 20.9. The van der Waals surface area contributed by atoms with Gasteiger partial charge in [-0.1, -0.05) is 6.07 Å². The lowest BCUT2D eigenvalue weighted by molar-refractivity contribution is -0.385. The minimum Gasteiger partial charge on any atom is -0.460 e. The first-order valence-corrected chi connectivity index (χ1v) is 7.26. The maximum absolute atomic E-state index is 13.7. The predicted octanol–water partition coefficient (Wildman–Crippen LogP) is 4.75. The van der Waals surface area contributed by atoms with Crippen molar-refractivity contribution in [1.82, 2.24) is 4.98 Å². The third kappa shape index (κ3) is 3.27. The number of nitrogens with zero attached hydrogens (tertiary/aromatic N) is 2. The van der Waals surface area contributed by atoms with Crippen molar-refractivity contribution in [3.05, 3.63) is 57.8 Å². The second-order valence-electron chi connectivity index (χ2n) is 5.60. The molecule has 3 rings (SSSR count). The van der Waals surface area contributed by atoms with E-state index in [-0.39, 0.29) is 6.07 Å². The van der Waals surface area contributed by atoms with Crippen molar-refractivity contribution in [2.45, 2.75) is 24.3 Å². The summed E-state index contributed by atoms with van der Waals surface area (Å²) in [6, 6.07) is 2.99. The van der Waals surface area contributed by atoms with E-state index in [1.807, 2.05) is 0 Å². The van der Waals surface area contributed by atoms with Crippen LogP contribution in [0.2, 0.25) is 0 Å².